The van der Waals surface area contributed by atoms with E-state index in [2.05, 4.69) is 4.98 Å². The lowest BCUT2D eigenvalue weighted by atomic mass is 10.3. The Labute approximate surface area is 126 Å². The third-order valence-electron chi connectivity index (χ3n) is 2.70. The fourth-order valence-electron chi connectivity index (χ4n) is 1.73. The van der Waals surface area contributed by atoms with Crippen LogP contribution >= 0.6 is 23.6 Å². The van der Waals surface area contributed by atoms with Gasteiger partial charge in [0.25, 0.3) is 0 Å². The number of nitrogens with two attached hydrogens (primary N) is 1. The van der Waals surface area contributed by atoms with E-state index < -0.39 is 0 Å². The zero-order valence-corrected chi connectivity index (χ0v) is 12.7. The Morgan fingerprint density at radius 2 is 2.10 bits per heavy atom. The van der Waals surface area contributed by atoms with Crippen molar-refractivity contribution in [1.29, 1.82) is 0 Å². The molecule has 3 nitrogen and oxygen atoms in total. The molecule has 0 radical (unpaired) electrons. The van der Waals surface area contributed by atoms with Crippen LogP contribution < -0.4 is 10.5 Å². The van der Waals surface area contributed by atoms with Crippen molar-refractivity contribution in [3.05, 3.63) is 45.7 Å². The molecule has 2 aromatic rings. The van der Waals surface area contributed by atoms with Gasteiger partial charge in [-0.1, -0.05) is 19.1 Å². The molecule has 1 aromatic carbocycles. The van der Waals surface area contributed by atoms with Crippen LogP contribution in [-0.4, -0.2) is 16.6 Å². The van der Waals surface area contributed by atoms with Gasteiger partial charge in [0.15, 0.2) is 0 Å². The van der Waals surface area contributed by atoms with Crippen molar-refractivity contribution in [3.63, 3.8) is 0 Å². The molecule has 0 aliphatic heterocycles. The van der Waals surface area contributed by atoms with Gasteiger partial charge < -0.3 is 10.5 Å². The van der Waals surface area contributed by atoms with Crippen LogP contribution in [0, 0.1) is 5.82 Å². The van der Waals surface area contributed by atoms with Gasteiger partial charge in [0.2, 0.25) is 0 Å². The minimum absolute atomic E-state index is 0.272. The molecular formula is C14H15FN2OS2. The number of halogens is 1. The Morgan fingerprint density at radius 3 is 2.65 bits per heavy atom. The Morgan fingerprint density at radius 1 is 1.40 bits per heavy atom. The van der Waals surface area contributed by atoms with E-state index in [1.807, 2.05) is 6.92 Å². The van der Waals surface area contributed by atoms with Crippen LogP contribution in [-0.2, 0) is 12.8 Å². The highest BCUT2D eigenvalue weighted by atomic mass is 32.1. The summed E-state index contributed by atoms with van der Waals surface area (Å²) in [4.78, 5) is 5.79. The molecule has 0 saturated carbocycles. The number of hydrogen-bond acceptors (Lipinski definition) is 4. The maximum atomic E-state index is 12.7. The second kappa shape index (κ2) is 6.76. The third-order valence-corrected chi connectivity index (χ3v) is 4.22. The molecule has 1 aromatic heterocycles. The van der Waals surface area contributed by atoms with Crippen LogP contribution in [0.4, 0.5) is 4.39 Å². The zero-order chi connectivity index (χ0) is 14.5. The van der Waals surface area contributed by atoms with Gasteiger partial charge in [0.1, 0.15) is 16.6 Å². The van der Waals surface area contributed by atoms with E-state index in [1.165, 1.54) is 23.5 Å². The topological polar surface area (TPSA) is 48.1 Å². The molecule has 0 aliphatic carbocycles. The summed E-state index contributed by atoms with van der Waals surface area (Å²) in [6.45, 7) is 2.51. The fourth-order valence-corrected chi connectivity index (χ4v) is 2.95. The number of aryl methyl sites for hydroxylation is 1. The first kappa shape index (κ1) is 14.9. The maximum absolute atomic E-state index is 12.7. The van der Waals surface area contributed by atoms with E-state index in [9.17, 15) is 4.39 Å². The SMILES string of the molecule is CCc1nc(CCOc2ccc(F)cc2)sc1C(N)=S. The van der Waals surface area contributed by atoms with Crippen molar-refractivity contribution < 1.29 is 9.13 Å². The highest BCUT2D eigenvalue weighted by Gasteiger charge is 2.11. The second-order valence-electron chi connectivity index (χ2n) is 4.15. The number of nitrogens with zero attached hydrogens (tertiary/aromatic N) is 1. The smallest absolute Gasteiger partial charge is 0.123 e. The first-order valence-electron chi connectivity index (χ1n) is 6.27. The Bertz CT molecular complexity index is 596. The first-order chi connectivity index (χ1) is 9.60. The molecule has 1 heterocycles. The van der Waals surface area contributed by atoms with Crippen LogP contribution in [0.2, 0.25) is 0 Å². The molecule has 0 saturated heterocycles. The predicted octanol–water partition coefficient (Wildman–Crippen LogP) is 3.10. The van der Waals surface area contributed by atoms with Crippen molar-refractivity contribution in [2.75, 3.05) is 6.61 Å². The molecule has 0 unspecified atom stereocenters. The van der Waals surface area contributed by atoms with Gasteiger partial charge in [-0.3, -0.25) is 0 Å². The Hall–Kier alpha value is -1.53. The minimum atomic E-state index is -0.272. The number of thiocarbonyl (C=S) groups is 1. The van der Waals surface area contributed by atoms with E-state index in [-0.39, 0.29) is 5.82 Å². The summed E-state index contributed by atoms with van der Waals surface area (Å²) in [5, 5.41) is 0.951. The maximum Gasteiger partial charge on any atom is 0.123 e. The molecule has 0 amide bonds. The largest absolute Gasteiger partial charge is 0.493 e. The minimum Gasteiger partial charge on any atom is -0.493 e. The summed E-state index contributed by atoms with van der Waals surface area (Å²) in [5.41, 5.74) is 6.62. The van der Waals surface area contributed by atoms with E-state index in [0.717, 1.165) is 22.0 Å². The lowest BCUT2D eigenvalue weighted by molar-refractivity contribution is 0.321. The van der Waals surface area contributed by atoms with E-state index in [0.29, 0.717) is 23.8 Å². The number of ether oxygens (including phenoxy) is 1. The van der Waals surface area contributed by atoms with Gasteiger partial charge in [0, 0.05) is 6.42 Å². The quantitative estimate of drug-likeness (QED) is 0.833. The van der Waals surface area contributed by atoms with Crippen molar-refractivity contribution >= 4 is 28.5 Å². The van der Waals surface area contributed by atoms with Crippen LogP contribution in [0.1, 0.15) is 22.5 Å². The predicted molar refractivity (Wildman–Crippen MR) is 83.0 cm³/mol. The molecule has 6 heteroatoms. The van der Waals surface area contributed by atoms with Crippen molar-refractivity contribution in [1.82, 2.24) is 4.98 Å². The number of rotatable bonds is 6. The summed E-state index contributed by atoms with van der Waals surface area (Å²) in [6, 6.07) is 5.96. The summed E-state index contributed by atoms with van der Waals surface area (Å²) in [6.07, 6.45) is 1.49. The molecule has 2 rings (SSSR count). The van der Waals surface area contributed by atoms with Gasteiger partial charge in [-0.05, 0) is 30.7 Å². The van der Waals surface area contributed by atoms with Crippen LogP contribution in [0.5, 0.6) is 5.75 Å². The lowest BCUT2D eigenvalue weighted by Crippen LogP contribution is -2.09. The standard InChI is InChI=1S/C14H15FN2OS2/c1-2-11-13(14(16)19)20-12(17-11)7-8-18-10-5-3-9(15)4-6-10/h3-6H,2,7-8H2,1H3,(H2,16,19). The molecular weight excluding hydrogens is 295 g/mol. The van der Waals surface area contributed by atoms with Crippen LogP contribution in [0.3, 0.4) is 0 Å². The first-order valence-corrected chi connectivity index (χ1v) is 7.49. The molecule has 0 bridgehead atoms. The summed E-state index contributed by atoms with van der Waals surface area (Å²) in [5.74, 6) is 0.374. The highest BCUT2D eigenvalue weighted by Crippen LogP contribution is 2.20. The number of thiazole rings is 1. The number of hydrogen-bond donors (Lipinski definition) is 1. The van der Waals surface area contributed by atoms with Crippen molar-refractivity contribution in [3.8, 4) is 5.75 Å². The Kier molecular flexibility index (Phi) is 5.03. The molecule has 2 N–H and O–H groups in total. The molecule has 106 valence electrons. The normalized spacial score (nSPS) is 10.5. The average molecular weight is 310 g/mol. The monoisotopic (exact) mass is 310 g/mol. The average Bonchev–Trinajstić information content (AvgIpc) is 2.84. The summed E-state index contributed by atoms with van der Waals surface area (Å²) in [7, 11) is 0. The molecule has 20 heavy (non-hydrogen) atoms. The lowest BCUT2D eigenvalue weighted by Gasteiger charge is -2.04. The van der Waals surface area contributed by atoms with E-state index in [1.54, 1.807) is 12.1 Å². The Balaban J connectivity index is 1.94. The third kappa shape index (κ3) is 3.74. The number of benzene rings is 1. The molecule has 0 aliphatic rings. The highest BCUT2D eigenvalue weighted by molar-refractivity contribution is 7.81. The van der Waals surface area contributed by atoms with Gasteiger partial charge >= 0.3 is 0 Å². The summed E-state index contributed by atoms with van der Waals surface area (Å²) >= 11 is 6.52. The van der Waals surface area contributed by atoms with Gasteiger partial charge in [-0.25, -0.2) is 9.37 Å². The van der Waals surface area contributed by atoms with E-state index in [4.69, 9.17) is 22.7 Å². The second-order valence-corrected chi connectivity index (χ2v) is 5.68. The molecule has 0 atom stereocenters. The van der Waals surface area contributed by atoms with Gasteiger partial charge in [0.05, 0.1) is 22.2 Å². The van der Waals surface area contributed by atoms with Crippen molar-refractivity contribution in [2.45, 2.75) is 19.8 Å². The fraction of sp³-hybridized carbons (Fsp3) is 0.286. The molecule has 0 fully saturated rings. The summed E-state index contributed by atoms with van der Waals surface area (Å²) < 4.78 is 18.3. The number of aromatic nitrogens is 1. The van der Waals surface area contributed by atoms with Crippen LogP contribution in [0.15, 0.2) is 24.3 Å². The van der Waals surface area contributed by atoms with Crippen LogP contribution in [0.25, 0.3) is 0 Å². The van der Waals surface area contributed by atoms with Crippen molar-refractivity contribution in [2.24, 2.45) is 5.73 Å². The van der Waals surface area contributed by atoms with E-state index >= 15 is 0 Å². The molecule has 0 spiro atoms. The zero-order valence-electron chi connectivity index (χ0n) is 11.1. The van der Waals surface area contributed by atoms with Gasteiger partial charge in [-0.2, -0.15) is 0 Å². The van der Waals surface area contributed by atoms with Gasteiger partial charge in [-0.15, -0.1) is 11.3 Å².